The van der Waals surface area contributed by atoms with Crippen LogP contribution in [0.5, 0.6) is 11.5 Å². The molecule has 0 spiro atoms. The largest absolute Gasteiger partial charge is 0.493 e. The molecule has 0 fully saturated rings. The summed E-state index contributed by atoms with van der Waals surface area (Å²) in [5, 5.41) is 2.69. The van der Waals surface area contributed by atoms with Gasteiger partial charge in [-0.2, -0.15) is 0 Å². The predicted octanol–water partition coefficient (Wildman–Crippen LogP) is 1.98. The van der Waals surface area contributed by atoms with E-state index in [-0.39, 0.29) is 0 Å². The van der Waals surface area contributed by atoms with E-state index in [1.807, 2.05) is 24.3 Å². The monoisotopic (exact) mass is 300 g/mol. The van der Waals surface area contributed by atoms with Gasteiger partial charge in [-0.25, -0.2) is 0 Å². The number of nitrogens with zero attached hydrogens (tertiary/aromatic N) is 1. The van der Waals surface area contributed by atoms with Gasteiger partial charge in [0.1, 0.15) is 0 Å². The lowest BCUT2D eigenvalue weighted by Crippen LogP contribution is -2.15. The maximum absolute atomic E-state index is 10.4. The zero-order valence-electron chi connectivity index (χ0n) is 12.8. The molecule has 0 aliphatic rings. The van der Waals surface area contributed by atoms with E-state index >= 15 is 0 Å². The van der Waals surface area contributed by atoms with Crippen molar-refractivity contribution in [1.82, 2.24) is 10.3 Å². The molecule has 116 valence electrons. The van der Waals surface area contributed by atoms with Crippen LogP contribution in [0, 0.1) is 0 Å². The molecule has 0 unspecified atom stereocenters. The summed E-state index contributed by atoms with van der Waals surface area (Å²) in [6.07, 6.45) is 5.79. The minimum Gasteiger partial charge on any atom is -0.493 e. The topological polar surface area (TPSA) is 60.5 Å². The number of aromatic nitrogens is 1. The molecule has 0 aliphatic carbocycles. The highest BCUT2D eigenvalue weighted by atomic mass is 16.5. The molecule has 0 atom stereocenters. The Morgan fingerprint density at radius 2 is 1.73 bits per heavy atom. The highest BCUT2D eigenvalue weighted by Crippen LogP contribution is 2.31. The Hall–Kier alpha value is -2.56. The van der Waals surface area contributed by atoms with Gasteiger partial charge in [-0.15, -0.1) is 0 Å². The second kappa shape index (κ2) is 8.02. The minimum atomic E-state index is 0.586. The van der Waals surface area contributed by atoms with Crippen molar-refractivity contribution in [3.8, 4) is 11.5 Å². The van der Waals surface area contributed by atoms with Crippen molar-refractivity contribution in [1.29, 1.82) is 0 Å². The van der Waals surface area contributed by atoms with E-state index in [0.29, 0.717) is 24.5 Å². The normalized spacial score (nSPS) is 10.1. The number of ether oxygens (including phenoxy) is 2. The van der Waals surface area contributed by atoms with Crippen LogP contribution >= 0.6 is 0 Å². The summed E-state index contributed by atoms with van der Waals surface area (Å²) in [4.78, 5) is 14.5. The first-order valence-corrected chi connectivity index (χ1v) is 7.08. The maximum Gasteiger partial charge on any atom is 0.207 e. The van der Waals surface area contributed by atoms with Crippen molar-refractivity contribution < 1.29 is 14.3 Å². The summed E-state index contributed by atoms with van der Waals surface area (Å²) in [7, 11) is 3.25. The van der Waals surface area contributed by atoms with Crippen LogP contribution in [0.1, 0.15) is 16.7 Å². The number of amides is 1. The average molecular weight is 300 g/mol. The van der Waals surface area contributed by atoms with Crippen molar-refractivity contribution in [2.24, 2.45) is 0 Å². The molecule has 0 aliphatic heterocycles. The molecule has 0 radical (unpaired) electrons. The lowest BCUT2D eigenvalue weighted by molar-refractivity contribution is -0.109. The highest BCUT2D eigenvalue weighted by molar-refractivity contribution is 5.49. The van der Waals surface area contributed by atoms with E-state index in [9.17, 15) is 4.79 Å². The number of benzene rings is 1. The second-order valence-corrected chi connectivity index (χ2v) is 4.83. The summed E-state index contributed by atoms with van der Waals surface area (Å²) in [6.45, 7) is 0.586. The third-order valence-electron chi connectivity index (χ3n) is 3.47. The van der Waals surface area contributed by atoms with Crippen molar-refractivity contribution >= 4 is 6.41 Å². The van der Waals surface area contributed by atoms with Gasteiger partial charge in [0.15, 0.2) is 11.5 Å². The number of rotatable bonds is 8. The summed E-state index contributed by atoms with van der Waals surface area (Å²) < 4.78 is 10.7. The van der Waals surface area contributed by atoms with Gasteiger partial charge in [-0.3, -0.25) is 9.78 Å². The van der Waals surface area contributed by atoms with Gasteiger partial charge in [0, 0.05) is 18.9 Å². The quantitative estimate of drug-likeness (QED) is 0.598. The molecule has 0 saturated heterocycles. The predicted molar refractivity (Wildman–Crippen MR) is 84.4 cm³/mol. The number of methoxy groups -OCH3 is 2. The van der Waals surface area contributed by atoms with Gasteiger partial charge in [0.05, 0.1) is 14.2 Å². The van der Waals surface area contributed by atoms with Crippen LogP contribution in [0.4, 0.5) is 0 Å². The SMILES string of the molecule is COc1cc(CCNC=O)c(Cc2ccncc2)cc1OC. The Morgan fingerprint density at radius 3 is 2.32 bits per heavy atom. The maximum atomic E-state index is 10.4. The summed E-state index contributed by atoms with van der Waals surface area (Å²) >= 11 is 0. The number of pyridine rings is 1. The van der Waals surface area contributed by atoms with Crippen LogP contribution in [0.2, 0.25) is 0 Å². The first-order valence-electron chi connectivity index (χ1n) is 7.08. The molecule has 22 heavy (non-hydrogen) atoms. The van der Waals surface area contributed by atoms with Crippen LogP contribution in [0.3, 0.4) is 0 Å². The molecule has 5 nitrogen and oxygen atoms in total. The molecule has 0 saturated carbocycles. The molecule has 0 bridgehead atoms. The van der Waals surface area contributed by atoms with Crippen molar-refractivity contribution in [3.63, 3.8) is 0 Å². The van der Waals surface area contributed by atoms with E-state index in [4.69, 9.17) is 9.47 Å². The molecule has 1 aromatic carbocycles. The van der Waals surface area contributed by atoms with Crippen LogP contribution in [0.25, 0.3) is 0 Å². The summed E-state index contributed by atoms with van der Waals surface area (Å²) in [5.74, 6) is 1.40. The van der Waals surface area contributed by atoms with E-state index in [1.54, 1.807) is 26.6 Å². The third kappa shape index (κ3) is 3.97. The molecular formula is C17H20N2O3. The van der Waals surface area contributed by atoms with Crippen molar-refractivity contribution in [2.45, 2.75) is 12.8 Å². The molecular weight excluding hydrogens is 280 g/mol. The molecule has 1 N–H and O–H groups in total. The lowest BCUT2D eigenvalue weighted by Gasteiger charge is -2.15. The Bertz CT molecular complexity index is 615. The Labute approximate surface area is 130 Å². The molecule has 2 rings (SSSR count). The molecule has 1 heterocycles. The van der Waals surface area contributed by atoms with Crippen LogP contribution in [-0.2, 0) is 17.6 Å². The molecule has 2 aromatic rings. The first-order chi connectivity index (χ1) is 10.8. The van der Waals surface area contributed by atoms with Gasteiger partial charge >= 0.3 is 0 Å². The van der Waals surface area contributed by atoms with E-state index in [0.717, 1.165) is 24.0 Å². The lowest BCUT2D eigenvalue weighted by atomic mass is 9.97. The first kappa shape index (κ1) is 15.8. The zero-order valence-corrected chi connectivity index (χ0v) is 12.8. The van der Waals surface area contributed by atoms with Crippen molar-refractivity contribution in [3.05, 3.63) is 53.3 Å². The molecule has 1 amide bonds. The van der Waals surface area contributed by atoms with Crippen LogP contribution in [-0.4, -0.2) is 32.2 Å². The standard InChI is InChI=1S/C17H20N2O3/c1-21-16-10-14(5-8-19-12-20)15(11-17(16)22-2)9-13-3-6-18-7-4-13/h3-4,6-7,10-12H,5,8-9H2,1-2H3,(H,19,20). The fraction of sp³-hybridized carbons (Fsp3) is 0.294. The van der Waals surface area contributed by atoms with Crippen LogP contribution in [0.15, 0.2) is 36.7 Å². The highest BCUT2D eigenvalue weighted by Gasteiger charge is 2.11. The van der Waals surface area contributed by atoms with E-state index in [1.165, 1.54) is 5.56 Å². The fourth-order valence-corrected chi connectivity index (χ4v) is 2.35. The number of carbonyl (C=O) groups excluding carboxylic acids is 1. The average Bonchev–Trinajstić information content (AvgIpc) is 2.56. The van der Waals surface area contributed by atoms with Crippen LogP contribution < -0.4 is 14.8 Å². The third-order valence-corrected chi connectivity index (χ3v) is 3.47. The number of nitrogens with one attached hydrogen (secondary N) is 1. The summed E-state index contributed by atoms with van der Waals surface area (Å²) in [5.41, 5.74) is 3.45. The summed E-state index contributed by atoms with van der Waals surface area (Å²) in [6, 6.07) is 7.95. The Balaban J connectivity index is 2.32. The van der Waals surface area contributed by atoms with Crippen molar-refractivity contribution in [2.75, 3.05) is 20.8 Å². The fourth-order valence-electron chi connectivity index (χ4n) is 2.35. The van der Waals surface area contributed by atoms with Gasteiger partial charge in [-0.1, -0.05) is 0 Å². The number of carbonyl (C=O) groups is 1. The minimum absolute atomic E-state index is 0.586. The van der Waals surface area contributed by atoms with E-state index < -0.39 is 0 Å². The molecule has 5 heteroatoms. The van der Waals surface area contributed by atoms with Gasteiger partial charge in [0.25, 0.3) is 0 Å². The number of hydrogen-bond acceptors (Lipinski definition) is 4. The van der Waals surface area contributed by atoms with Gasteiger partial charge in [0.2, 0.25) is 6.41 Å². The molecule has 1 aromatic heterocycles. The Kier molecular flexibility index (Phi) is 5.77. The second-order valence-electron chi connectivity index (χ2n) is 4.83. The number of hydrogen-bond donors (Lipinski definition) is 1. The smallest absolute Gasteiger partial charge is 0.207 e. The Morgan fingerprint density at radius 1 is 1.09 bits per heavy atom. The van der Waals surface area contributed by atoms with Gasteiger partial charge in [-0.05, 0) is 53.8 Å². The van der Waals surface area contributed by atoms with E-state index in [2.05, 4.69) is 10.3 Å². The zero-order chi connectivity index (χ0) is 15.8. The van der Waals surface area contributed by atoms with Gasteiger partial charge < -0.3 is 14.8 Å².